The van der Waals surface area contributed by atoms with Crippen LogP contribution in [0.4, 0.5) is 4.39 Å². The van der Waals surface area contributed by atoms with E-state index in [-0.39, 0.29) is 5.82 Å². The molecule has 0 aliphatic heterocycles. The number of aromatic nitrogens is 2. The van der Waals surface area contributed by atoms with Gasteiger partial charge in [0.05, 0.1) is 0 Å². The maximum absolute atomic E-state index is 13.0. The zero-order valence-electron chi connectivity index (χ0n) is 9.31. The van der Waals surface area contributed by atoms with Gasteiger partial charge in [0.25, 0.3) is 0 Å². The van der Waals surface area contributed by atoms with Crippen molar-refractivity contribution >= 4 is 23.3 Å². The van der Waals surface area contributed by atoms with Gasteiger partial charge in [-0.05, 0) is 41.7 Å². The van der Waals surface area contributed by atoms with Gasteiger partial charge in [0, 0.05) is 12.3 Å². The van der Waals surface area contributed by atoms with E-state index in [0.29, 0.717) is 6.54 Å². The number of thioether (sulfide) groups is 1. The summed E-state index contributed by atoms with van der Waals surface area (Å²) in [6, 6.07) is 4.72. The normalized spacial score (nSPS) is 10.8. The molecule has 17 heavy (non-hydrogen) atoms. The lowest BCUT2D eigenvalue weighted by atomic mass is 10.1. The van der Waals surface area contributed by atoms with Gasteiger partial charge in [-0.1, -0.05) is 17.8 Å². The van der Waals surface area contributed by atoms with Crippen LogP contribution in [0.2, 0.25) is 0 Å². The third kappa shape index (κ3) is 3.24. The number of benzene rings is 1. The number of aryl methyl sites for hydroxylation is 1. The number of hydrogen-bond donors (Lipinski definition) is 1. The van der Waals surface area contributed by atoms with Crippen molar-refractivity contribution in [1.82, 2.24) is 9.36 Å². The van der Waals surface area contributed by atoms with Gasteiger partial charge in [0.2, 0.25) is 0 Å². The molecule has 0 aliphatic rings. The molecule has 1 aromatic carbocycles. The molecule has 0 atom stereocenters. The summed E-state index contributed by atoms with van der Waals surface area (Å²) in [5.74, 6) is 1.28. The zero-order valence-corrected chi connectivity index (χ0v) is 10.9. The average molecular weight is 269 g/mol. The highest BCUT2D eigenvalue weighted by Crippen LogP contribution is 2.26. The van der Waals surface area contributed by atoms with Crippen LogP contribution in [0.3, 0.4) is 0 Å². The minimum atomic E-state index is -0.244. The van der Waals surface area contributed by atoms with Crippen LogP contribution in [0.25, 0.3) is 0 Å². The Labute approximate surface area is 107 Å². The topological polar surface area (TPSA) is 51.8 Å². The molecule has 0 fully saturated rings. The van der Waals surface area contributed by atoms with Gasteiger partial charge in [0.15, 0.2) is 4.34 Å². The molecule has 90 valence electrons. The van der Waals surface area contributed by atoms with Gasteiger partial charge in [0.1, 0.15) is 11.6 Å². The SMILES string of the molecule is Cc1nsc(SCc2ccc(F)cc2CN)n1. The van der Waals surface area contributed by atoms with Crippen LogP contribution < -0.4 is 5.73 Å². The van der Waals surface area contributed by atoms with Crippen molar-refractivity contribution in [2.45, 2.75) is 23.6 Å². The first-order valence-electron chi connectivity index (χ1n) is 5.09. The summed E-state index contributed by atoms with van der Waals surface area (Å²) in [4.78, 5) is 4.26. The second-order valence-corrected chi connectivity index (χ2v) is 5.49. The van der Waals surface area contributed by atoms with E-state index in [1.165, 1.54) is 23.7 Å². The van der Waals surface area contributed by atoms with E-state index in [0.717, 1.165) is 27.0 Å². The van der Waals surface area contributed by atoms with Crippen LogP contribution in [-0.4, -0.2) is 9.36 Å². The van der Waals surface area contributed by atoms with Crippen LogP contribution in [0.5, 0.6) is 0 Å². The predicted molar refractivity (Wildman–Crippen MR) is 68.5 cm³/mol. The molecule has 0 bridgehead atoms. The number of rotatable bonds is 4. The minimum absolute atomic E-state index is 0.244. The molecule has 0 saturated carbocycles. The van der Waals surface area contributed by atoms with Gasteiger partial charge in [-0.25, -0.2) is 9.37 Å². The van der Waals surface area contributed by atoms with Gasteiger partial charge in [-0.15, -0.1) is 0 Å². The Balaban J connectivity index is 2.08. The van der Waals surface area contributed by atoms with Crippen molar-refractivity contribution in [3.8, 4) is 0 Å². The lowest BCUT2D eigenvalue weighted by Crippen LogP contribution is -2.01. The van der Waals surface area contributed by atoms with Crippen LogP contribution >= 0.6 is 23.3 Å². The summed E-state index contributed by atoms with van der Waals surface area (Å²) in [6.07, 6.45) is 0. The van der Waals surface area contributed by atoms with Gasteiger partial charge < -0.3 is 5.73 Å². The van der Waals surface area contributed by atoms with Crippen LogP contribution in [0, 0.1) is 12.7 Å². The molecule has 1 aromatic heterocycles. The third-order valence-corrected chi connectivity index (χ3v) is 4.22. The number of halogens is 1. The highest BCUT2D eigenvalue weighted by Gasteiger charge is 2.06. The summed E-state index contributed by atoms with van der Waals surface area (Å²) >= 11 is 2.98. The first-order valence-corrected chi connectivity index (χ1v) is 6.85. The molecular weight excluding hydrogens is 257 g/mol. The molecule has 0 amide bonds. The van der Waals surface area contributed by atoms with E-state index in [1.54, 1.807) is 17.8 Å². The molecule has 6 heteroatoms. The Morgan fingerprint density at radius 2 is 2.24 bits per heavy atom. The first-order chi connectivity index (χ1) is 8.19. The molecule has 0 spiro atoms. The largest absolute Gasteiger partial charge is 0.326 e. The molecule has 0 saturated heterocycles. The van der Waals surface area contributed by atoms with E-state index < -0.39 is 0 Å². The Hall–Kier alpha value is -0.980. The number of hydrogen-bond acceptors (Lipinski definition) is 5. The van der Waals surface area contributed by atoms with Crippen molar-refractivity contribution in [2.24, 2.45) is 5.73 Å². The Kier molecular flexibility index (Phi) is 4.09. The third-order valence-electron chi connectivity index (χ3n) is 2.25. The molecule has 1 heterocycles. The second kappa shape index (κ2) is 5.57. The number of nitrogens with two attached hydrogens (primary N) is 1. The van der Waals surface area contributed by atoms with Crippen molar-refractivity contribution in [1.29, 1.82) is 0 Å². The fraction of sp³-hybridized carbons (Fsp3) is 0.273. The Morgan fingerprint density at radius 3 is 2.88 bits per heavy atom. The van der Waals surface area contributed by atoms with E-state index in [1.807, 2.05) is 6.92 Å². The summed E-state index contributed by atoms with van der Waals surface area (Å²) in [7, 11) is 0. The van der Waals surface area contributed by atoms with Crippen LogP contribution in [-0.2, 0) is 12.3 Å². The second-order valence-electron chi connectivity index (χ2n) is 3.51. The van der Waals surface area contributed by atoms with E-state index in [4.69, 9.17) is 5.73 Å². The monoisotopic (exact) mass is 269 g/mol. The van der Waals surface area contributed by atoms with Crippen LogP contribution in [0.1, 0.15) is 17.0 Å². The van der Waals surface area contributed by atoms with E-state index in [2.05, 4.69) is 9.36 Å². The Bertz CT molecular complexity index is 513. The summed E-state index contributed by atoms with van der Waals surface area (Å²) in [5.41, 5.74) is 7.49. The molecule has 2 rings (SSSR count). The quantitative estimate of drug-likeness (QED) is 0.867. The standard InChI is InChI=1S/C11H12FN3S2/c1-7-14-11(17-15-7)16-6-8-2-3-10(12)4-9(8)5-13/h2-4H,5-6,13H2,1H3. The van der Waals surface area contributed by atoms with Crippen molar-refractivity contribution in [3.05, 3.63) is 41.0 Å². The average Bonchev–Trinajstić information content (AvgIpc) is 2.73. The molecule has 2 aromatic rings. The van der Waals surface area contributed by atoms with E-state index in [9.17, 15) is 4.39 Å². The molecule has 2 N–H and O–H groups in total. The van der Waals surface area contributed by atoms with Gasteiger partial charge >= 0.3 is 0 Å². The van der Waals surface area contributed by atoms with Gasteiger partial charge in [-0.2, -0.15) is 4.37 Å². The zero-order chi connectivity index (χ0) is 12.3. The highest BCUT2D eigenvalue weighted by atomic mass is 32.2. The molecule has 0 aliphatic carbocycles. The van der Waals surface area contributed by atoms with Crippen molar-refractivity contribution in [2.75, 3.05) is 0 Å². The first kappa shape index (κ1) is 12.5. The molecule has 0 unspecified atom stereocenters. The van der Waals surface area contributed by atoms with Crippen molar-refractivity contribution in [3.63, 3.8) is 0 Å². The molecule has 0 radical (unpaired) electrons. The highest BCUT2D eigenvalue weighted by molar-refractivity contribution is 8.00. The summed E-state index contributed by atoms with van der Waals surface area (Å²) < 4.78 is 18.1. The fourth-order valence-corrected chi connectivity index (χ4v) is 3.08. The summed E-state index contributed by atoms with van der Waals surface area (Å²) in [5, 5.41) is 0. The maximum atomic E-state index is 13.0. The molecule has 3 nitrogen and oxygen atoms in total. The van der Waals surface area contributed by atoms with Crippen LogP contribution in [0.15, 0.2) is 22.5 Å². The predicted octanol–water partition coefficient (Wildman–Crippen LogP) is 2.74. The van der Waals surface area contributed by atoms with Crippen molar-refractivity contribution < 1.29 is 4.39 Å². The minimum Gasteiger partial charge on any atom is -0.326 e. The Morgan fingerprint density at radius 1 is 1.41 bits per heavy atom. The smallest absolute Gasteiger partial charge is 0.170 e. The lowest BCUT2D eigenvalue weighted by molar-refractivity contribution is 0.624. The maximum Gasteiger partial charge on any atom is 0.170 e. The molecular formula is C11H12FN3S2. The van der Waals surface area contributed by atoms with E-state index >= 15 is 0 Å². The van der Waals surface area contributed by atoms with Gasteiger partial charge in [-0.3, -0.25) is 0 Å². The lowest BCUT2D eigenvalue weighted by Gasteiger charge is -2.06. The number of nitrogens with zero attached hydrogens (tertiary/aromatic N) is 2. The summed E-state index contributed by atoms with van der Waals surface area (Å²) in [6.45, 7) is 2.21. The fourth-order valence-electron chi connectivity index (χ4n) is 1.40.